The van der Waals surface area contributed by atoms with E-state index in [9.17, 15) is 9.50 Å². The number of para-hydroxylation sites is 1. The van der Waals surface area contributed by atoms with Gasteiger partial charge in [0.05, 0.1) is 18.0 Å². The van der Waals surface area contributed by atoms with Gasteiger partial charge in [0.2, 0.25) is 0 Å². The predicted octanol–water partition coefficient (Wildman–Crippen LogP) is 2.48. The fraction of sp³-hybridized carbons (Fsp3) is 0.385. The molecule has 0 spiro atoms. The lowest BCUT2D eigenvalue weighted by Gasteiger charge is -2.05. The van der Waals surface area contributed by atoms with Gasteiger partial charge in [-0.25, -0.2) is 9.07 Å². The van der Waals surface area contributed by atoms with Crippen molar-refractivity contribution in [1.29, 1.82) is 0 Å². The van der Waals surface area contributed by atoms with Gasteiger partial charge in [-0.2, -0.15) is 0 Å². The van der Waals surface area contributed by atoms with E-state index in [1.54, 1.807) is 18.3 Å². The second-order valence-electron chi connectivity index (χ2n) is 4.83. The highest BCUT2D eigenvalue weighted by molar-refractivity contribution is 9.10. The van der Waals surface area contributed by atoms with E-state index < -0.39 is 0 Å². The average Bonchev–Trinajstić information content (AvgIpc) is 3.12. The van der Waals surface area contributed by atoms with E-state index in [4.69, 9.17) is 0 Å². The first kappa shape index (κ1) is 12.7. The van der Waals surface area contributed by atoms with Crippen LogP contribution in [0, 0.1) is 11.7 Å². The third kappa shape index (κ3) is 2.69. The first-order valence-corrected chi connectivity index (χ1v) is 6.98. The summed E-state index contributed by atoms with van der Waals surface area (Å²) in [6.45, 7) is 0. The van der Waals surface area contributed by atoms with Crippen LogP contribution in [-0.4, -0.2) is 26.2 Å². The summed E-state index contributed by atoms with van der Waals surface area (Å²) in [6.07, 6.45) is 3.92. The molecule has 1 unspecified atom stereocenters. The van der Waals surface area contributed by atoms with Gasteiger partial charge in [-0.05, 0) is 46.8 Å². The predicted molar refractivity (Wildman–Crippen MR) is 71.5 cm³/mol. The van der Waals surface area contributed by atoms with Crippen LogP contribution in [0.5, 0.6) is 0 Å². The van der Waals surface area contributed by atoms with Crippen LogP contribution in [-0.2, 0) is 6.42 Å². The van der Waals surface area contributed by atoms with Gasteiger partial charge >= 0.3 is 0 Å². The minimum atomic E-state index is -0.367. The van der Waals surface area contributed by atoms with Crippen molar-refractivity contribution in [3.63, 3.8) is 0 Å². The van der Waals surface area contributed by atoms with Crippen LogP contribution in [0.3, 0.4) is 0 Å². The van der Waals surface area contributed by atoms with Crippen molar-refractivity contribution in [3.8, 4) is 5.69 Å². The molecule has 3 rings (SSSR count). The van der Waals surface area contributed by atoms with Crippen LogP contribution in [0.4, 0.5) is 4.39 Å². The first-order chi connectivity index (χ1) is 9.15. The second-order valence-corrected chi connectivity index (χ2v) is 5.69. The van der Waals surface area contributed by atoms with E-state index in [0.717, 1.165) is 12.8 Å². The Bertz CT molecular complexity index is 577. The fourth-order valence-electron chi connectivity index (χ4n) is 2.07. The Morgan fingerprint density at radius 2 is 2.26 bits per heavy atom. The van der Waals surface area contributed by atoms with Gasteiger partial charge in [-0.3, -0.25) is 0 Å². The van der Waals surface area contributed by atoms with Gasteiger partial charge in [0.15, 0.2) is 0 Å². The number of halogens is 2. The molecule has 1 N–H and O–H groups in total. The minimum Gasteiger partial charge on any atom is -0.392 e. The molecule has 1 fully saturated rings. The number of hydrogen-bond acceptors (Lipinski definition) is 3. The zero-order chi connectivity index (χ0) is 13.4. The molecule has 1 aromatic heterocycles. The molecule has 0 bridgehead atoms. The smallest absolute Gasteiger partial charge is 0.150 e. The highest BCUT2D eigenvalue weighted by atomic mass is 79.9. The van der Waals surface area contributed by atoms with Crippen LogP contribution in [0.15, 0.2) is 28.9 Å². The molecule has 1 aliphatic carbocycles. The number of aromatic nitrogens is 3. The Labute approximate surface area is 118 Å². The van der Waals surface area contributed by atoms with E-state index in [1.807, 2.05) is 0 Å². The Morgan fingerprint density at radius 3 is 2.95 bits per heavy atom. The molecule has 0 radical (unpaired) electrons. The quantitative estimate of drug-likeness (QED) is 0.939. The number of rotatable bonds is 4. The Kier molecular flexibility index (Phi) is 3.36. The van der Waals surface area contributed by atoms with Gasteiger partial charge in [-0.1, -0.05) is 11.3 Å². The summed E-state index contributed by atoms with van der Waals surface area (Å²) >= 11 is 3.30. The van der Waals surface area contributed by atoms with E-state index in [1.165, 1.54) is 10.7 Å². The molecule has 0 saturated heterocycles. The highest BCUT2D eigenvalue weighted by Crippen LogP contribution is 2.33. The van der Waals surface area contributed by atoms with Crippen LogP contribution in [0.1, 0.15) is 18.5 Å². The number of nitrogens with zero attached hydrogens (tertiary/aromatic N) is 3. The molecule has 6 heteroatoms. The van der Waals surface area contributed by atoms with E-state index in [2.05, 4.69) is 26.2 Å². The van der Waals surface area contributed by atoms with Crippen molar-refractivity contribution >= 4 is 15.9 Å². The number of benzene rings is 1. The van der Waals surface area contributed by atoms with Crippen molar-refractivity contribution in [3.05, 3.63) is 40.4 Å². The highest BCUT2D eigenvalue weighted by Gasteiger charge is 2.30. The summed E-state index contributed by atoms with van der Waals surface area (Å²) in [5, 5.41) is 17.8. The minimum absolute atomic E-state index is 0.335. The maximum absolute atomic E-state index is 13.8. The topological polar surface area (TPSA) is 50.9 Å². The molecule has 100 valence electrons. The standard InChI is InChI=1S/C13H13BrFN3O/c14-10-2-1-3-11(15)13(10)18-7-9(16-17-18)6-12(19)8-4-5-8/h1-3,7-8,12,19H,4-6H2. The average molecular weight is 326 g/mol. The Balaban J connectivity index is 1.84. The van der Waals surface area contributed by atoms with Gasteiger partial charge in [0.1, 0.15) is 11.5 Å². The zero-order valence-electron chi connectivity index (χ0n) is 10.1. The summed E-state index contributed by atoms with van der Waals surface area (Å²) < 4.78 is 15.8. The monoisotopic (exact) mass is 325 g/mol. The summed E-state index contributed by atoms with van der Waals surface area (Å²) in [4.78, 5) is 0. The number of aliphatic hydroxyl groups is 1. The molecule has 1 atom stereocenters. The second kappa shape index (κ2) is 5.02. The Hall–Kier alpha value is -1.27. The van der Waals surface area contributed by atoms with Crippen molar-refractivity contribution in [1.82, 2.24) is 15.0 Å². The van der Waals surface area contributed by atoms with Crippen molar-refractivity contribution in [2.75, 3.05) is 0 Å². The number of hydrogen-bond donors (Lipinski definition) is 1. The van der Waals surface area contributed by atoms with Crippen molar-refractivity contribution < 1.29 is 9.50 Å². The summed E-state index contributed by atoms with van der Waals surface area (Å²) in [7, 11) is 0. The van der Waals surface area contributed by atoms with E-state index in [0.29, 0.717) is 28.2 Å². The van der Waals surface area contributed by atoms with Gasteiger partial charge in [0, 0.05) is 10.9 Å². The molecular formula is C13H13BrFN3O. The molecule has 1 aromatic carbocycles. The lowest BCUT2D eigenvalue weighted by atomic mass is 10.1. The van der Waals surface area contributed by atoms with Crippen molar-refractivity contribution in [2.24, 2.45) is 5.92 Å². The van der Waals surface area contributed by atoms with Gasteiger partial charge in [0.25, 0.3) is 0 Å². The van der Waals surface area contributed by atoms with Crippen LogP contribution >= 0.6 is 15.9 Å². The summed E-state index contributed by atoms with van der Waals surface area (Å²) in [5.74, 6) is 0.0268. The maximum Gasteiger partial charge on any atom is 0.150 e. The molecule has 1 aliphatic rings. The summed E-state index contributed by atoms with van der Waals surface area (Å²) in [5.41, 5.74) is 1.01. The molecular weight excluding hydrogens is 313 g/mol. The van der Waals surface area contributed by atoms with Gasteiger partial charge < -0.3 is 5.11 Å². The molecule has 2 aromatic rings. The lowest BCUT2D eigenvalue weighted by molar-refractivity contribution is 0.150. The third-order valence-electron chi connectivity index (χ3n) is 3.29. The van der Waals surface area contributed by atoms with Gasteiger partial charge in [-0.15, -0.1) is 5.10 Å². The Morgan fingerprint density at radius 1 is 1.47 bits per heavy atom. The van der Waals surface area contributed by atoms with Crippen LogP contribution in [0.2, 0.25) is 0 Å². The van der Waals surface area contributed by atoms with Crippen LogP contribution in [0.25, 0.3) is 5.69 Å². The molecule has 0 aliphatic heterocycles. The molecule has 1 saturated carbocycles. The lowest BCUT2D eigenvalue weighted by Crippen LogP contribution is -2.12. The largest absolute Gasteiger partial charge is 0.392 e. The first-order valence-electron chi connectivity index (χ1n) is 6.19. The van der Waals surface area contributed by atoms with E-state index in [-0.39, 0.29) is 11.9 Å². The SMILES string of the molecule is OC(Cc1cn(-c2c(F)cccc2Br)nn1)C1CC1. The van der Waals surface area contributed by atoms with E-state index >= 15 is 0 Å². The van der Waals surface area contributed by atoms with Crippen LogP contribution < -0.4 is 0 Å². The zero-order valence-corrected chi connectivity index (χ0v) is 11.7. The molecule has 1 heterocycles. The third-order valence-corrected chi connectivity index (χ3v) is 3.93. The fourth-order valence-corrected chi connectivity index (χ4v) is 2.59. The maximum atomic E-state index is 13.8. The molecule has 0 amide bonds. The summed E-state index contributed by atoms with van der Waals surface area (Å²) in [6, 6.07) is 4.75. The normalized spacial score (nSPS) is 16.6. The number of aliphatic hydroxyl groups excluding tert-OH is 1. The molecule has 19 heavy (non-hydrogen) atoms. The molecule has 4 nitrogen and oxygen atoms in total. The van der Waals surface area contributed by atoms with Crippen molar-refractivity contribution in [2.45, 2.75) is 25.4 Å².